The van der Waals surface area contributed by atoms with Gasteiger partial charge in [0.15, 0.2) is 0 Å². The van der Waals surface area contributed by atoms with Gasteiger partial charge in [-0.3, -0.25) is 0 Å². The molecule has 2 aromatic rings. The highest BCUT2D eigenvalue weighted by Gasteiger charge is 2.13. The molecule has 0 spiro atoms. The van der Waals surface area contributed by atoms with Gasteiger partial charge in [0.2, 0.25) is 0 Å². The minimum atomic E-state index is 0.926. The summed E-state index contributed by atoms with van der Waals surface area (Å²) in [5.41, 5.74) is 5.62. The van der Waals surface area contributed by atoms with Gasteiger partial charge < -0.3 is 4.74 Å². The van der Waals surface area contributed by atoms with Crippen LogP contribution in [0.3, 0.4) is 0 Å². The summed E-state index contributed by atoms with van der Waals surface area (Å²) in [6.45, 7) is 0. The van der Waals surface area contributed by atoms with Crippen molar-refractivity contribution in [2.45, 2.75) is 19.3 Å². The first kappa shape index (κ1) is 11.8. The van der Waals surface area contributed by atoms with E-state index >= 15 is 0 Å². The minimum Gasteiger partial charge on any atom is -0.496 e. The zero-order valence-corrected chi connectivity index (χ0v) is 12.0. The van der Waals surface area contributed by atoms with Crippen LogP contribution in [0.25, 0.3) is 0 Å². The molecular formula is C16H15BrO. The lowest BCUT2D eigenvalue weighted by Gasteiger charge is -2.19. The van der Waals surface area contributed by atoms with E-state index in [4.69, 9.17) is 4.74 Å². The monoisotopic (exact) mass is 302 g/mol. The molecule has 1 nitrogen and oxygen atoms in total. The summed E-state index contributed by atoms with van der Waals surface area (Å²) in [7, 11) is 1.73. The van der Waals surface area contributed by atoms with Crippen LogP contribution in [0.1, 0.15) is 22.3 Å². The number of benzene rings is 2. The molecule has 0 saturated heterocycles. The first-order valence-corrected chi connectivity index (χ1v) is 6.98. The Kier molecular flexibility index (Phi) is 3.13. The molecule has 2 aromatic carbocycles. The number of methoxy groups -OCH3 is 1. The average molecular weight is 303 g/mol. The van der Waals surface area contributed by atoms with Crippen molar-refractivity contribution in [3.63, 3.8) is 0 Å². The molecule has 3 rings (SSSR count). The number of rotatable bonds is 3. The van der Waals surface area contributed by atoms with Gasteiger partial charge >= 0.3 is 0 Å². The molecule has 0 bridgehead atoms. The van der Waals surface area contributed by atoms with Crippen LogP contribution in [0.15, 0.2) is 40.9 Å². The molecule has 92 valence electrons. The Bertz CT molecular complexity index is 590. The summed E-state index contributed by atoms with van der Waals surface area (Å²) < 4.78 is 6.52. The van der Waals surface area contributed by atoms with Crippen molar-refractivity contribution in [3.05, 3.63) is 63.1 Å². The number of hydrogen-bond acceptors (Lipinski definition) is 1. The minimum absolute atomic E-state index is 0.926. The Morgan fingerprint density at radius 1 is 1.06 bits per heavy atom. The molecule has 0 N–H and O–H groups in total. The molecule has 0 atom stereocenters. The quantitative estimate of drug-likeness (QED) is 0.828. The van der Waals surface area contributed by atoms with Crippen molar-refractivity contribution in [1.29, 1.82) is 0 Å². The van der Waals surface area contributed by atoms with Crippen LogP contribution in [0.2, 0.25) is 0 Å². The van der Waals surface area contributed by atoms with E-state index in [0.29, 0.717) is 0 Å². The summed E-state index contributed by atoms with van der Waals surface area (Å²) >= 11 is 3.52. The van der Waals surface area contributed by atoms with E-state index < -0.39 is 0 Å². The summed E-state index contributed by atoms with van der Waals surface area (Å²) in [6, 6.07) is 13.0. The zero-order valence-electron chi connectivity index (χ0n) is 10.4. The van der Waals surface area contributed by atoms with E-state index in [1.165, 1.54) is 35.1 Å². The maximum atomic E-state index is 5.42. The van der Waals surface area contributed by atoms with Gasteiger partial charge in [0.05, 0.1) is 7.11 Å². The van der Waals surface area contributed by atoms with Crippen LogP contribution in [-0.4, -0.2) is 7.11 Å². The Labute approximate surface area is 116 Å². The predicted octanol–water partition coefficient (Wildman–Crippen LogP) is 4.15. The van der Waals surface area contributed by atoms with E-state index in [1.807, 2.05) is 12.1 Å². The highest BCUT2D eigenvalue weighted by molar-refractivity contribution is 9.10. The summed E-state index contributed by atoms with van der Waals surface area (Å²) in [5.74, 6) is 0.959. The smallest absolute Gasteiger partial charge is 0.122 e. The lowest BCUT2D eigenvalue weighted by molar-refractivity contribution is 0.410. The average Bonchev–Trinajstić information content (AvgIpc) is 2.33. The first-order chi connectivity index (χ1) is 8.76. The normalized spacial score (nSPS) is 12.8. The second-order valence-electron chi connectivity index (χ2n) is 4.74. The molecule has 1 aliphatic carbocycles. The molecule has 1 aliphatic rings. The topological polar surface area (TPSA) is 9.23 Å². The first-order valence-electron chi connectivity index (χ1n) is 6.19. The van der Waals surface area contributed by atoms with Crippen molar-refractivity contribution >= 4 is 15.9 Å². The van der Waals surface area contributed by atoms with Crippen LogP contribution in [0.5, 0.6) is 5.75 Å². The van der Waals surface area contributed by atoms with Crippen molar-refractivity contribution in [2.75, 3.05) is 7.11 Å². The van der Waals surface area contributed by atoms with E-state index in [0.717, 1.165) is 16.6 Å². The van der Waals surface area contributed by atoms with Crippen molar-refractivity contribution in [2.24, 2.45) is 0 Å². The molecule has 18 heavy (non-hydrogen) atoms. The van der Waals surface area contributed by atoms with Gasteiger partial charge in [-0.2, -0.15) is 0 Å². The molecule has 0 radical (unpaired) electrons. The number of hydrogen-bond donors (Lipinski definition) is 0. The van der Waals surface area contributed by atoms with Gasteiger partial charge in [-0.15, -0.1) is 0 Å². The van der Waals surface area contributed by atoms with E-state index in [-0.39, 0.29) is 0 Å². The van der Waals surface area contributed by atoms with Gasteiger partial charge in [0.25, 0.3) is 0 Å². The fraction of sp³-hybridized carbons (Fsp3) is 0.250. The summed E-state index contributed by atoms with van der Waals surface area (Å²) in [6.07, 6.45) is 3.41. The second-order valence-corrected chi connectivity index (χ2v) is 5.65. The Balaban J connectivity index is 1.91. The van der Waals surface area contributed by atoms with Gasteiger partial charge in [-0.1, -0.05) is 34.1 Å². The van der Waals surface area contributed by atoms with E-state index in [1.54, 1.807) is 7.11 Å². The number of ether oxygens (including phenoxy) is 1. The molecule has 2 heteroatoms. The predicted molar refractivity (Wildman–Crippen MR) is 77.4 cm³/mol. The molecule has 0 heterocycles. The van der Waals surface area contributed by atoms with Crippen LogP contribution in [0.4, 0.5) is 0 Å². The fourth-order valence-electron chi connectivity index (χ4n) is 2.46. The van der Waals surface area contributed by atoms with E-state index in [9.17, 15) is 0 Å². The van der Waals surface area contributed by atoms with Gasteiger partial charge in [-0.05, 0) is 53.3 Å². The third kappa shape index (κ3) is 2.17. The Morgan fingerprint density at radius 2 is 1.89 bits per heavy atom. The fourth-order valence-corrected chi connectivity index (χ4v) is 2.87. The van der Waals surface area contributed by atoms with Crippen molar-refractivity contribution in [1.82, 2.24) is 0 Å². The second kappa shape index (κ2) is 4.77. The van der Waals surface area contributed by atoms with Crippen LogP contribution < -0.4 is 4.74 Å². The molecule has 0 unspecified atom stereocenters. The molecule has 0 fully saturated rings. The van der Waals surface area contributed by atoms with E-state index in [2.05, 4.69) is 40.2 Å². The van der Waals surface area contributed by atoms with Crippen LogP contribution in [0, 0.1) is 0 Å². The number of halogens is 1. The lowest BCUT2D eigenvalue weighted by Crippen LogP contribution is -2.08. The number of aryl methyl sites for hydroxylation is 2. The largest absolute Gasteiger partial charge is 0.496 e. The highest BCUT2D eigenvalue weighted by Crippen LogP contribution is 2.28. The SMILES string of the molecule is COc1ccc(Br)cc1Cc1ccc2c(c1)CC2. The maximum absolute atomic E-state index is 5.42. The standard InChI is InChI=1S/C16H15BrO/c1-18-16-7-6-15(17)10-14(16)9-11-2-3-12-4-5-13(12)8-11/h2-3,6-8,10H,4-5,9H2,1H3. The summed E-state index contributed by atoms with van der Waals surface area (Å²) in [5, 5.41) is 0. The summed E-state index contributed by atoms with van der Waals surface area (Å²) in [4.78, 5) is 0. The third-order valence-electron chi connectivity index (χ3n) is 3.57. The zero-order chi connectivity index (χ0) is 12.5. The molecular weight excluding hydrogens is 288 g/mol. The molecule has 0 amide bonds. The third-order valence-corrected chi connectivity index (χ3v) is 4.06. The van der Waals surface area contributed by atoms with Crippen LogP contribution >= 0.6 is 15.9 Å². The van der Waals surface area contributed by atoms with Gasteiger partial charge in [0, 0.05) is 10.9 Å². The molecule has 0 aromatic heterocycles. The Hall–Kier alpha value is -1.28. The van der Waals surface area contributed by atoms with Gasteiger partial charge in [-0.25, -0.2) is 0 Å². The van der Waals surface area contributed by atoms with Crippen molar-refractivity contribution < 1.29 is 4.74 Å². The Morgan fingerprint density at radius 3 is 2.56 bits per heavy atom. The molecule has 0 saturated carbocycles. The molecule has 0 aliphatic heterocycles. The number of fused-ring (bicyclic) bond motifs is 1. The van der Waals surface area contributed by atoms with Crippen LogP contribution in [-0.2, 0) is 19.3 Å². The highest BCUT2D eigenvalue weighted by atomic mass is 79.9. The lowest BCUT2D eigenvalue weighted by atomic mass is 9.86. The van der Waals surface area contributed by atoms with Crippen molar-refractivity contribution in [3.8, 4) is 5.75 Å². The maximum Gasteiger partial charge on any atom is 0.122 e. The van der Waals surface area contributed by atoms with Gasteiger partial charge in [0.1, 0.15) is 5.75 Å².